The number of para-hydroxylation sites is 1. The Morgan fingerprint density at radius 1 is 1.38 bits per heavy atom. The molecule has 0 spiro atoms. The van der Waals surface area contributed by atoms with Gasteiger partial charge >= 0.3 is 0 Å². The van der Waals surface area contributed by atoms with E-state index in [-0.39, 0.29) is 5.78 Å². The van der Waals surface area contributed by atoms with E-state index in [1.807, 2.05) is 19.1 Å². The average molecular weight is 175 g/mol. The monoisotopic (exact) mass is 175 g/mol. The highest BCUT2D eigenvalue weighted by atomic mass is 16.1. The summed E-state index contributed by atoms with van der Waals surface area (Å²) in [7, 11) is 0. The molecule has 0 aliphatic rings. The maximum absolute atomic E-state index is 11.6. The number of allylic oxidation sites excluding steroid dienone is 2. The largest absolute Gasteiger partial charge is 0.398 e. The van der Waals surface area contributed by atoms with Gasteiger partial charge < -0.3 is 5.73 Å². The predicted octanol–water partition coefficient (Wildman–Crippen LogP) is 2.42. The molecule has 2 N–H and O–H groups in total. The summed E-state index contributed by atoms with van der Waals surface area (Å²) in [5.74, 6) is 0.000556. The van der Waals surface area contributed by atoms with Crippen LogP contribution in [0.25, 0.3) is 0 Å². The predicted molar refractivity (Wildman–Crippen MR) is 54.6 cm³/mol. The third-order valence-corrected chi connectivity index (χ3v) is 2.00. The molecule has 0 atom stereocenters. The van der Waals surface area contributed by atoms with E-state index in [0.29, 0.717) is 11.3 Å². The second-order valence-electron chi connectivity index (χ2n) is 2.89. The Kier molecular flexibility index (Phi) is 2.85. The molecule has 0 aliphatic heterocycles. The number of anilines is 1. The molecule has 1 rings (SSSR count). The molecule has 0 fully saturated rings. The molecular formula is C11H13NO. The van der Waals surface area contributed by atoms with Gasteiger partial charge in [-0.2, -0.15) is 0 Å². The van der Waals surface area contributed by atoms with Crippen molar-refractivity contribution in [2.45, 2.75) is 13.8 Å². The molecule has 1 aromatic carbocycles. The maximum atomic E-state index is 11.6. The summed E-state index contributed by atoms with van der Waals surface area (Å²) < 4.78 is 0. The number of Topliss-reactive ketones (excluding diaryl/α,β-unsaturated/α-hetero) is 1. The molecule has 2 heteroatoms. The summed E-state index contributed by atoms with van der Waals surface area (Å²) in [5.41, 5.74) is 7.50. The average Bonchev–Trinajstić information content (AvgIpc) is 2.16. The quantitative estimate of drug-likeness (QED) is 0.426. The Balaban J connectivity index is 3.10. The Bertz CT molecular complexity index is 353. The number of ketones is 1. The van der Waals surface area contributed by atoms with E-state index in [9.17, 15) is 4.79 Å². The van der Waals surface area contributed by atoms with E-state index >= 15 is 0 Å². The highest BCUT2D eigenvalue weighted by Gasteiger charge is 2.09. The molecule has 68 valence electrons. The van der Waals surface area contributed by atoms with Gasteiger partial charge in [0.1, 0.15) is 0 Å². The molecule has 0 heterocycles. The number of hydrogen-bond donors (Lipinski definition) is 1. The van der Waals surface area contributed by atoms with Gasteiger partial charge in [0.2, 0.25) is 0 Å². The molecule has 0 bridgehead atoms. The van der Waals surface area contributed by atoms with Crippen molar-refractivity contribution >= 4 is 11.5 Å². The van der Waals surface area contributed by atoms with Crippen molar-refractivity contribution in [2.24, 2.45) is 0 Å². The molecular weight excluding hydrogens is 162 g/mol. The number of nitrogens with two attached hydrogens (primary N) is 1. The second-order valence-corrected chi connectivity index (χ2v) is 2.89. The van der Waals surface area contributed by atoms with Crippen molar-refractivity contribution in [1.29, 1.82) is 0 Å². The molecule has 1 aromatic rings. The normalized spacial score (nSPS) is 11.4. The molecule has 0 saturated heterocycles. The van der Waals surface area contributed by atoms with Crippen LogP contribution in [0.4, 0.5) is 5.69 Å². The number of hydrogen-bond acceptors (Lipinski definition) is 2. The number of benzene rings is 1. The Morgan fingerprint density at radius 3 is 2.54 bits per heavy atom. The van der Waals surface area contributed by atoms with Gasteiger partial charge in [-0.3, -0.25) is 4.79 Å². The lowest BCUT2D eigenvalue weighted by Gasteiger charge is -2.03. The van der Waals surface area contributed by atoms with E-state index in [1.165, 1.54) is 0 Å². The summed E-state index contributed by atoms with van der Waals surface area (Å²) >= 11 is 0. The molecule has 0 radical (unpaired) electrons. The summed E-state index contributed by atoms with van der Waals surface area (Å²) in [6.45, 7) is 3.63. The van der Waals surface area contributed by atoms with Crippen LogP contribution in [0.5, 0.6) is 0 Å². The highest BCUT2D eigenvalue weighted by Crippen LogP contribution is 2.14. The lowest BCUT2D eigenvalue weighted by molar-refractivity contribution is 0.103. The molecule has 2 nitrogen and oxygen atoms in total. The van der Waals surface area contributed by atoms with E-state index in [1.54, 1.807) is 25.1 Å². The summed E-state index contributed by atoms with van der Waals surface area (Å²) in [6, 6.07) is 7.10. The number of carbonyl (C=O) groups excluding carboxylic acids is 1. The first-order chi connectivity index (χ1) is 6.16. The fraction of sp³-hybridized carbons (Fsp3) is 0.182. The standard InChI is InChI=1S/C11H13NO/c1-3-8(2)11(13)9-6-4-5-7-10(9)12/h3-7H,12H2,1-2H3. The minimum Gasteiger partial charge on any atom is -0.398 e. The lowest BCUT2D eigenvalue weighted by Crippen LogP contribution is -2.04. The van der Waals surface area contributed by atoms with Gasteiger partial charge in [-0.15, -0.1) is 0 Å². The van der Waals surface area contributed by atoms with Crippen molar-refractivity contribution in [3.8, 4) is 0 Å². The van der Waals surface area contributed by atoms with Gasteiger partial charge in [-0.25, -0.2) is 0 Å². The van der Waals surface area contributed by atoms with Crippen LogP contribution in [0.15, 0.2) is 35.9 Å². The first-order valence-electron chi connectivity index (χ1n) is 4.19. The molecule has 0 aliphatic carbocycles. The van der Waals surface area contributed by atoms with Crippen molar-refractivity contribution in [2.75, 3.05) is 5.73 Å². The smallest absolute Gasteiger partial charge is 0.190 e. The minimum atomic E-state index is 0.000556. The zero-order valence-electron chi connectivity index (χ0n) is 7.87. The SMILES string of the molecule is CC=C(C)C(=O)c1ccccc1N. The van der Waals surface area contributed by atoms with Crippen LogP contribution in [-0.4, -0.2) is 5.78 Å². The molecule has 0 unspecified atom stereocenters. The van der Waals surface area contributed by atoms with Crippen LogP contribution in [0.3, 0.4) is 0 Å². The van der Waals surface area contributed by atoms with Crippen molar-refractivity contribution < 1.29 is 4.79 Å². The minimum absolute atomic E-state index is 0.000556. The van der Waals surface area contributed by atoms with Gasteiger partial charge in [0, 0.05) is 11.3 Å². The number of carbonyl (C=O) groups is 1. The first-order valence-corrected chi connectivity index (χ1v) is 4.19. The van der Waals surface area contributed by atoms with E-state index in [0.717, 1.165) is 5.57 Å². The van der Waals surface area contributed by atoms with Gasteiger partial charge in [0.05, 0.1) is 0 Å². The van der Waals surface area contributed by atoms with Gasteiger partial charge in [-0.1, -0.05) is 18.2 Å². The topological polar surface area (TPSA) is 43.1 Å². The van der Waals surface area contributed by atoms with Crippen molar-refractivity contribution in [3.05, 3.63) is 41.5 Å². The van der Waals surface area contributed by atoms with E-state index < -0.39 is 0 Å². The van der Waals surface area contributed by atoms with Crippen LogP contribution < -0.4 is 5.73 Å². The van der Waals surface area contributed by atoms with Crippen LogP contribution >= 0.6 is 0 Å². The third kappa shape index (κ3) is 1.96. The number of nitrogen functional groups attached to an aromatic ring is 1. The lowest BCUT2D eigenvalue weighted by atomic mass is 10.0. The maximum Gasteiger partial charge on any atom is 0.190 e. The van der Waals surface area contributed by atoms with Crippen molar-refractivity contribution in [1.82, 2.24) is 0 Å². The number of rotatable bonds is 2. The molecule has 0 aromatic heterocycles. The van der Waals surface area contributed by atoms with Crippen LogP contribution in [-0.2, 0) is 0 Å². The van der Waals surface area contributed by atoms with Gasteiger partial charge in [0.25, 0.3) is 0 Å². The first kappa shape index (κ1) is 9.52. The van der Waals surface area contributed by atoms with Gasteiger partial charge in [0.15, 0.2) is 5.78 Å². The van der Waals surface area contributed by atoms with Crippen LogP contribution in [0, 0.1) is 0 Å². The van der Waals surface area contributed by atoms with E-state index in [4.69, 9.17) is 5.73 Å². The van der Waals surface area contributed by atoms with Crippen LogP contribution in [0.2, 0.25) is 0 Å². The molecule has 0 saturated carbocycles. The zero-order chi connectivity index (χ0) is 9.84. The second kappa shape index (κ2) is 3.90. The molecule has 13 heavy (non-hydrogen) atoms. The summed E-state index contributed by atoms with van der Waals surface area (Å²) in [5, 5.41) is 0. The van der Waals surface area contributed by atoms with Crippen LogP contribution in [0.1, 0.15) is 24.2 Å². The molecule has 0 amide bonds. The Labute approximate surface area is 78.1 Å². The highest BCUT2D eigenvalue weighted by molar-refractivity contribution is 6.11. The Hall–Kier alpha value is -1.57. The Morgan fingerprint density at radius 2 is 2.00 bits per heavy atom. The summed E-state index contributed by atoms with van der Waals surface area (Å²) in [6.07, 6.45) is 1.79. The fourth-order valence-electron chi connectivity index (χ4n) is 1.05. The fourth-order valence-corrected chi connectivity index (χ4v) is 1.05. The zero-order valence-corrected chi connectivity index (χ0v) is 7.87. The van der Waals surface area contributed by atoms with E-state index in [2.05, 4.69) is 0 Å². The van der Waals surface area contributed by atoms with Crippen molar-refractivity contribution in [3.63, 3.8) is 0 Å². The van der Waals surface area contributed by atoms with Gasteiger partial charge in [-0.05, 0) is 31.6 Å². The summed E-state index contributed by atoms with van der Waals surface area (Å²) in [4.78, 5) is 11.6. The third-order valence-electron chi connectivity index (χ3n) is 2.00.